The van der Waals surface area contributed by atoms with E-state index in [1.54, 1.807) is 0 Å². The number of hydrogen-bond acceptors (Lipinski definition) is 3. The Bertz CT molecular complexity index is 597. The second-order valence-corrected chi connectivity index (χ2v) is 5.71. The Morgan fingerprint density at radius 2 is 2.05 bits per heavy atom. The lowest BCUT2D eigenvalue weighted by Gasteiger charge is -2.24. The van der Waals surface area contributed by atoms with Crippen LogP contribution in [0.25, 0.3) is 0 Å². The molecule has 1 aliphatic heterocycles. The quantitative estimate of drug-likeness (QED) is 0.925. The predicted molar refractivity (Wildman–Crippen MR) is 84.4 cm³/mol. The highest BCUT2D eigenvalue weighted by Crippen LogP contribution is 2.35. The lowest BCUT2D eigenvalue weighted by molar-refractivity contribution is 0.312. The van der Waals surface area contributed by atoms with Crippen LogP contribution in [0.4, 0.5) is 0 Å². The molecule has 0 aliphatic carbocycles. The Labute approximate surface area is 126 Å². The van der Waals surface area contributed by atoms with Crippen LogP contribution in [-0.2, 0) is 0 Å². The Balaban J connectivity index is 1.84. The average molecular weight is 282 g/mol. The summed E-state index contributed by atoms with van der Waals surface area (Å²) in [6, 6.07) is 11.2. The number of para-hydroxylation sites is 1. The van der Waals surface area contributed by atoms with Crippen molar-refractivity contribution < 1.29 is 4.74 Å². The number of hydrogen-bond donors (Lipinski definition) is 1. The molecule has 1 aromatic carbocycles. The summed E-state index contributed by atoms with van der Waals surface area (Å²) in [5, 5.41) is 3.75. The van der Waals surface area contributed by atoms with E-state index in [1.807, 2.05) is 12.4 Å². The van der Waals surface area contributed by atoms with Crippen molar-refractivity contribution in [2.24, 2.45) is 0 Å². The molecule has 0 amide bonds. The molecule has 0 bridgehead atoms. The highest BCUT2D eigenvalue weighted by molar-refractivity contribution is 5.43. The molecule has 1 N–H and O–H groups in total. The fourth-order valence-electron chi connectivity index (χ4n) is 2.99. The largest absolute Gasteiger partial charge is 0.493 e. The molecule has 0 radical (unpaired) electrons. The topological polar surface area (TPSA) is 34.1 Å². The first-order chi connectivity index (χ1) is 10.3. The standard InChI is InChI=1S/C18H22N2O/c1-13-5-3-6-16-17(7-4-12-21-18(13)16)20-14(2)15-8-10-19-11-9-15/h3,5-6,8-11,14,17,20H,4,7,12H2,1-2H3. The van der Waals surface area contributed by atoms with Crippen molar-refractivity contribution in [3.63, 3.8) is 0 Å². The molecule has 3 nitrogen and oxygen atoms in total. The van der Waals surface area contributed by atoms with E-state index in [1.165, 1.54) is 16.7 Å². The molecule has 110 valence electrons. The van der Waals surface area contributed by atoms with Crippen molar-refractivity contribution in [3.05, 3.63) is 59.4 Å². The van der Waals surface area contributed by atoms with Crippen molar-refractivity contribution in [2.75, 3.05) is 6.61 Å². The average Bonchev–Trinajstić information content (AvgIpc) is 2.72. The van der Waals surface area contributed by atoms with Gasteiger partial charge in [-0.3, -0.25) is 4.98 Å². The maximum absolute atomic E-state index is 5.95. The first-order valence-electron chi connectivity index (χ1n) is 7.64. The molecule has 2 aromatic rings. The Morgan fingerprint density at radius 1 is 1.24 bits per heavy atom. The summed E-state index contributed by atoms with van der Waals surface area (Å²) in [5.41, 5.74) is 3.77. The van der Waals surface area contributed by atoms with Gasteiger partial charge in [0.15, 0.2) is 0 Å². The summed E-state index contributed by atoms with van der Waals surface area (Å²) < 4.78 is 5.95. The molecule has 1 aliphatic rings. The van der Waals surface area contributed by atoms with Crippen LogP contribution in [0.15, 0.2) is 42.7 Å². The molecule has 2 unspecified atom stereocenters. The number of aromatic nitrogens is 1. The maximum atomic E-state index is 5.95. The molecule has 3 rings (SSSR count). The molecular formula is C18H22N2O. The zero-order chi connectivity index (χ0) is 14.7. The SMILES string of the molecule is Cc1cccc2c1OCCCC2NC(C)c1ccncc1. The van der Waals surface area contributed by atoms with Crippen LogP contribution in [0.2, 0.25) is 0 Å². The van der Waals surface area contributed by atoms with Crippen molar-refractivity contribution in [1.82, 2.24) is 10.3 Å². The lowest BCUT2D eigenvalue weighted by Crippen LogP contribution is -2.24. The van der Waals surface area contributed by atoms with E-state index in [0.29, 0.717) is 12.1 Å². The zero-order valence-corrected chi connectivity index (χ0v) is 12.7. The number of nitrogens with one attached hydrogen (secondary N) is 1. The van der Waals surface area contributed by atoms with Gasteiger partial charge in [0, 0.05) is 30.0 Å². The number of ether oxygens (including phenoxy) is 1. The van der Waals surface area contributed by atoms with Gasteiger partial charge in [-0.15, -0.1) is 0 Å². The molecule has 2 heterocycles. The van der Waals surface area contributed by atoms with E-state index in [4.69, 9.17) is 4.74 Å². The minimum Gasteiger partial charge on any atom is -0.493 e. The molecule has 0 fully saturated rings. The van der Waals surface area contributed by atoms with Gasteiger partial charge in [-0.1, -0.05) is 18.2 Å². The molecular weight excluding hydrogens is 260 g/mol. The van der Waals surface area contributed by atoms with Crippen LogP contribution in [0.5, 0.6) is 5.75 Å². The lowest BCUT2D eigenvalue weighted by atomic mass is 9.98. The van der Waals surface area contributed by atoms with Gasteiger partial charge >= 0.3 is 0 Å². The van der Waals surface area contributed by atoms with Gasteiger partial charge in [0.05, 0.1) is 6.61 Å². The summed E-state index contributed by atoms with van der Waals surface area (Å²) in [5.74, 6) is 1.06. The van der Waals surface area contributed by atoms with Gasteiger partial charge in [0.2, 0.25) is 0 Å². The van der Waals surface area contributed by atoms with Gasteiger partial charge < -0.3 is 10.1 Å². The van der Waals surface area contributed by atoms with E-state index >= 15 is 0 Å². The molecule has 0 spiro atoms. The third-order valence-electron chi connectivity index (χ3n) is 4.16. The van der Waals surface area contributed by atoms with Gasteiger partial charge in [-0.05, 0) is 49.9 Å². The summed E-state index contributed by atoms with van der Waals surface area (Å²) in [6.07, 6.45) is 5.88. The molecule has 0 saturated carbocycles. The molecule has 3 heteroatoms. The van der Waals surface area contributed by atoms with Crippen LogP contribution in [0, 0.1) is 6.92 Å². The van der Waals surface area contributed by atoms with Crippen LogP contribution >= 0.6 is 0 Å². The summed E-state index contributed by atoms with van der Waals surface area (Å²) in [7, 11) is 0. The summed E-state index contributed by atoms with van der Waals surface area (Å²) >= 11 is 0. The minimum absolute atomic E-state index is 0.296. The monoisotopic (exact) mass is 282 g/mol. The van der Waals surface area contributed by atoms with Crippen molar-refractivity contribution in [3.8, 4) is 5.75 Å². The number of aryl methyl sites for hydroxylation is 1. The van der Waals surface area contributed by atoms with E-state index in [2.05, 4.69) is 54.5 Å². The Morgan fingerprint density at radius 3 is 2.86 bits per heavy atom. The highest BCUT2D eigenvalue weighted by Gasteiger charge is 2.22. The normalized spacial score (nSPS) is 19.2. The van der Waals surface area contributed by atoms with Crippen molar-refractivity contribution >= 4 is 0 Å². The fourth-order valence-corrected chi connectivity index (χ4v) is 2.99. The van der Waals surface area contributed by atoms with Crippen LogP contribution < -0.4 is 10.1 Å². The van der Waals surface area contributed by atoms with Gasteiger partial charge in [-0.25, -0.2) is 0 Å². The smallest absolute Gasteiger partial charge is 0.126 e. The van der Waals surface area contributed by atoms with Crippen molar-refractivity contribution in [2.45, 2.75) is 38.8 Å². The fraction of sp³-hybridized carbons (Fsp3) is 0.389. The molecule has 2 atom stereocenters. The number of rotatable bonds is 3. The number of pyridine rings is 1. The van der Waals surface area contributed by atoms with Gasteiger partial charge in [-0.2, -0.15) is 0 Å². The molecule has 21 heavy (non-hydrogen) atoms. The second kappa shape index (κ2) is 6.27. The molecule has 1 aromatic heterocycles. The minimum atomic E-state index is 0.296. The third kappa shape index (κ3) is 3.08. The maximum Gasteiger partial charge on any atom is 0.126 e. The van der Waals surface area contributed by atoms with E-state index in [9.17, 15) is 0 Å². The number of fused-ring (bicyclic) bond motifs is 1. The van der Waals surface area contributed by atoms with E-state index < -0.39 is 0 Å². The van der Waals surface area contributed by atoms with E-state index in [-0.39, 0.29) is 0 Å². The van der Waals surface area contributed by atoms with Gasteiger partial charge in [0.25, 0.3) is 0 Å². The van der Waals surface area contributed by atoms with E-state index in [0.717, 1.165) is 25.2 Å². The highest BCUT2D eigenvalue weighted by atomic mass is 16.5. The van der Waals surface area contributed by atoms with Gasteiger partial charge in [0.1, 0.15) is 5.75 Å². The molecule has 0 saturated heterocycles. The first kappa shape index (κ1) is 14.1. The summed E-state index contributed by atoms with van der Waals surface area (Å²) in [6.45, 7) is 5.13. The predicted octanol–water partition coefficient (Wildman–Crippen LogP) is 3.95. The first-order valence-corrected chi connectivity index (χ1v) is 7.64. The van der Waals surface area contributed by atoms with Crippen LogP contribution in [0.1, 0.15) is 48.5 Å². The third-order valence-corrected chi connectivity index (χ3v) is 4.16. The second-order valence-electron chi connectivity index (χ2n) is 5.71. The Hall–Kier alpha value is -1.87. The Kier molecular flexibility index (Phi) is 4.20. The van der Waals surface area contributed by atoms with Crippen LogP contribution in [-0.4, -0.2) is 11.6 Å². The number of benzene rings is 1. The summed E-state index contributed by atoms with van der Waals surface area (Å²) in [4.78, 5) is 4.09. The van der Waals surface area contributed by atoms with Crippen LogP contribution in [0.3, 0.4) is 0 Å². The number of nitrogens with zero attached hydrogens (tertiary/aromatic N) is 1. The zero-order valence-electron chi connectivity index (χ0n) is 12.7. The van der Waals surface area contributed by atoms with Crippen molar-refractivity contribution in [1.29, 1.82) is 0 Å².